The molecule has 2 aromatic heterocycles. The first-order chi connectivity index (χ1) is 25.9. The van der Waals surface area contributed by atoms with Crippen molar-refractivity contribution in [3.05, 3.63) is 0 Å². The molecule has 306 valence electrons. The van der Waals surface area contributed by atoms with Crippen molar-refractivity contribution >= 4 is 47.0 Å². The molecule has 2 fully saturated rings. The smallest absolute Gasteiger partial charge is 0.306 e. The van der Waals surface area contributed by atoms with Crippen molar-refractivity contribution in [2.45, 2.75) is 116 Å². The molecule has 18 heteroatoms. The number of hydrogen-bond acceptors (Lipinski definition) is 18. The van der Waals surface area contributed by atoms with Crippen LogP contribution in [0.4, 0.5) is 11.6 Å². The third-order valence-electron chi connectivity index (χ3n) is 8.65. The summed E-state index contributed by atoms with van der Waals surface area (Å²) < 4.78 is 52.2. The Kier molecular flexibility index (Phi) is 18.3. The largest absolute Gasteiger partial charge is 0.470 e. The first kappa shape index (κ1) is 43.8. The van der Waals surface area contributed by atoms with Crippen molar-refractivity contribution in [1.82, 2.24) is 28.1 Å². The number of carbonyl (C=O) groups is 2. The first-order valence-electron chi connectivity index (χ1n) is 19.3. The minimum absolute atomic E-state index is 0.143. The average molecular weight is 799 g/mol. The molecular weight excluding hydrogens is 737 g/mol. The SMILES string of the molecule is CC(C)(C)NC[C@@H](COc1nsnc1N1CCOCC1)OC(=O)CCCCCCCCC(=O)O[C@@H](CNC(C)(C)C)COc1nsnc1N1CCOCC1. The number of aromatic nitrogens is 4. The molecule has 0 aromatic carbocycles. The lowest BCUT2D eigenvalue weighted by atomic mass is 10.1. The van der Waals surface area contributed by atoms with E-state index in [1.54, 1.807) is 0 Å². The first-order valence-corrected chi connectivity index (χ1v) is 20.8. The minimum atomic E-state index is -0.469. The molecule has 2 aromatic rings. The number of carbonyl (C=O) groups excluding carboxylic acids is 2. The van der Waals surface area contributed by atoms with Crippen LogP contribution in [-0.2, 0) is 28.5 Å². The van der Waals surface area contributed by atoms with Gasteiger partial charge in [0.2, 0.25) is 11.6 Å². The average Bonchev–Trinajstić information content (AvgIpc) is 3.82. The Balaban J connectivity index is 1.11. The highest BCUT2D eigenvalue weighted by atomic mass is 32.1. The molecule has 4 heterocycles. The molecule has 54 heavy (non-hydrogen) atoms. The summed E-state index contributed by atoms with van der Waals surface area (Å²) >= 11 is 2.21. The number of rotatable bonds is 23. The van der Waals surface area contributed by atoms with Gasteiger partial charge in [-0.1, -0.05) is 25.7 Å². The maximum atomic E-state index is 12.8. The van der Waals surface area contributed by atoms with Crippen molar-refractivity contribution in [3.63, 3.8) is 0 Å². The number of anilines is 2. The zero-order valence-corrected chi connectivity index (χ0v) is 34.7. The van der Waals surface area contributed by atoms with Crippen LogP contribution in [0.5, 0.6) is 11.8 Å². The molecule has 0 amide bonds. The van der Waals surface area contributed by atoms with E-state index in [1.807, 2.05) is 0 Å². The lowest BCUT2D eigenvalue weighted by molar-refractivity contribution is -0.151. The summed E-state index contributed by atoms with van der Waals surface area (Å²) in [5.74, 6) is 1.85. The number of morpholine rings is 2. The van der Waals surface area contributed by atoms with E-state index >= 15 is 0 Å². The lowest BCUT2D eigenvalue weighted by Gasteiger charge is -2.27. The van der Waals surface area contributed by atoms with Crippen LogP contribution in [-0.4, -0.2) is 132 Å². The molecule has 2 aliphatic rings. The third-order valence-corrected chi connectivity index (χ3v) is 9.65. The van der Waals surface area contributed by atoms with Crippen LogP contribution in [0, 0.1) is 0 Å². The summed E-state index contributed by atoms with van der Waals surface area (Å²) in [5.41, 5.74) is -0.286. The molecule has 2 aliphatic heterocycles. The van der Waals surface area contributed by atoms with Crippen molar-refractivity contribution in [2.24, 2.45) is 0 Å². The number of nitrogens with one attached hydrogen (secondary N) is 2. The van der Waals surface area contributed by atoms with Gasteiger partial charge in [-0.05, 0) is 54.4 Å². The Morgan fingerprint density at radius 3 is 1.37 bits per heavy atom. The van der Waals surface area contributed by atoms with Crippen LogP contribution in [0.3, 0.4) is 0 Å². The van der Waals surface area contributed by atoms with E-state index in [4.69, 9.17) is 28.4 Å². The Hall–Kier alpha value is -2.90. The van der Waals surface area contributed by atoms with Gasteiger partial charge >= 0.3 is 11.9 Å². The van der Waals surface area contributed by atoms with E-state index in [0.29, 0.717) is 75.8 Å². The number of nitrogens with zero attached hydrogens (tertiary/aromatic N) is 6. The predicted molar refractivity (Wildman–Crippen MR) is 209 cm³/mol. The fourth-order valence-electron chi connectivity index (χ4n) is 5.66. The molecule has 2 N–H and O–H groups in total. The minimum Gasteiger partial charge on any atom is -0.470 e. The molecule has 0 aliphatic carbocycles. The van der Waals surface area contributed by atoms with Gasteiger partial charge in [-0.2, -0.15) is 8.75 Å². The fraction of sp³-hybridized carbons (Fsp3) is 0.833. The summed E-state index contributed by atoms with van der Waals surface area (Å²) in [5, 5.41) is 6.83. The molecule has 2 saturated heterocycles. The highest BCUT2D eigenvalue weighted by Crippen LogP contribution is 2.28. The number of ether oxygens (including phenoxy) is 6. The molecule has 4 rings (SSSR count). The fourth-order valence-corrected chi connectivity index (χ4v) is 6.70. The summed E-state index contributed by atoms with van der Waals surface area (Å²) in [6, 6.07) is 0. The monoisotopic (exact) mass is 798 g/mol. The zero-order chi connectivity index (χ0) is 38.8. The maximum absolute atomic E-state index is 12.8. The molecule has 0 bridgehead atoms. The summed E-state index contributed by atoms with van der Waals surface area (Å²) in [7, 11) is 0. The maximum Gasteiger partial charge on any atom is 0.306 e. The highest BCUT2D eigenvalue weighted by molar-refractivity contribution is 6.99. The molecule has 16 nitrogen and oxygen atoms in total. The van der Waals surface area contributed by atoms with Gasteiger partial charge in [0.15, 0.2) is 0 Å². The van der Waals surface area contributed by atoms with Gasteiger partial charge in [0.1, 0.15) is 25.4 Å². The molecule has 0 radical (unpaired) electrons. The van der Waals surface area contributed by atoms with E-state index < -0.39 is 12.2 Å². The van der Waals surface area contributed by atoms with Crippen molar-refractivity contribution in [2.75, 3.05) is 88.7 Å². The summed E-state index contributed by atoms with van der Waals surface area (Å²) in [6.45, 7) is 19.2. The second-order valence-corrected chi connectivity index (χ2v) is 16.8. The van der Waals surface area contributed by atoms with Crippen LogP contribution in [0.15, 0.2) is 0 Å². The summed E-state index contributed by atoms with van der Waals surface area (Å²) in [6.07, 6.45) is 4.98. The van der Waals surface area contributed by atoms with Crippen LogP contribution >= 0.6 is 23.5 Å². The van der Waals surface area contributed by atoms with Gasteiger partial charge in [0.05, 0.1) is 49.9 Å². The van der Waals surface area contributed by atoms with Gasteiger partial charge in [0.25, 0.3) is 11.8 Å². The normalized spacial score (nSPS) is 16.6. The zero-order valence-electron chi connectivity index (χ0n) is 33.1. The topological polar surface area (TPSA) is 172 Å². The van der Waals surface area contributed by atoms with Gasteiger partial charge in [-0.3, -0.25) is 9.59 Å². The summed E-state index contributed by atoms with van der Waals surface area (Å²) in [4.78, 5) is 29.9. The van der Waals surface area contributed by atoms with Gasteiger partial charge < -0.3 is 48.9 Å². The van der Waals surface area contributed by atoms with E-state index in [1.165, 1.54) is 0 Å². The Morgan fingerprint density at radius 2 is 1.00 bits per heavy atom. The predicted octanol–water partition coefficient (Wildman–Crippen LogP) is 4.24. The Labute approximate surface area is 329 Å². The van der Waals surface area contributed by atoms with Crippen LogP contribution in [0.1, 0.15) is 92.9 Å². The van der Waals surface area contributed by atoms with E-state index in [2.05, 4.69) is 79.5 Å². The number of unbranched alkanes of at least 4 members (excludes halogenated alkanes) is 5. The van der Waals surface area contributed by atoms with Gasteiger partial charge in [-0.25, -0.2) is 0 Å². The van der Waals surface area contributed by atoms with Gasteiger partial charge in [0, 0.05) is 63.2 Å². The highest BCUT2D eigenvalue weighted by Gasteiger charge is 2.25. The number of hydrogen-bond donors (Lipinski definition) is 2. The second kappa shape index (κ2) is 22.6. The molecule has 2 atom stereocenters. The van der Waals surface area contributed by atoms with Gasteiger partial charge in [-0.15, -0.1) is 8.75 Å². The van der Waals surface area contributed by atoms with Crippen LogP contribution < -0.4 is 29.9 Å². The Bertz CT molecular complexity index is 1270. The van der Waals surface area contributed by atoms with E-state index in [-0.39, 0.29) is 36.2 Å². The number of esters is 2. The molecule has 0 saturated carbocycles. The molecule has 0 spiro atoms. The van der Waals surface area contributed by atoms with E-state index in [9.17, 15) is 9.59 Å². The molecular formula is C36H62N8O8S2. The molecule has 0 unspecified atom stereocenters. The van der Waals surface area contributed by atoms with E-state index in [0.717, 1.165) is 88.2 Å². The van der Waals surface area contributed by atoms with Crippen molar-refractivity contribution in [3.8, 4) is 11.8 Å². The van der Waals surface area contributed by atoms with Crippen molar-refractivity contribution < 1.29 is 38.0 Å². The quantitative estimate of drug-likeness (QED) is 0.121. The standard InChI is InChI=1S/C36H62N8O8S2/c1-35(2,3)37-23-27(25-49-33-31(39-53-41-33)43-15-19-47-20-16-43)51-29(45)13-11-9-7-8-10-12-14-30(46)52-28(24-38-36(4,5)6)26-50-34-32(40-54-42-34)44-17-21-48-22-18-44/h27-28,37-38H,7-26H2,1-6H3/t27-,28-/m0/s1. The van der Waals surface area contributed by atoms with Crippen molar-refractivity contribution in [1.29, 1.82) is 0 Å². The second-order valence-electron chi connectivity index (χ2n) is 15.7. The lowest BCUT2D eigenvalue weighted by Crippen LogP contribution is -2.44. The van der Waals surface area contributed by atoms with Crippen LogP contribution in [0.2, 0.25) is 0 Å². The Morgan fingerprint density at radius 1 is 0.630 bits per heavy atom. The van der Waals surface area contributed by atoms with Crippen LogP contribution in [0.25, 0.3) is 0 Å². The third kappa shape index (κ3) is 16.9.